The van der Waals surface area contributed by atoms with Crippen molar-refractivity contribution in [1.29, 1.82) is 0 Å². The molecule has 0 spiro atoms. The number of aromatic nitrogens is 4. The molecule has 0 aliphatic rings. The molecule has 2 heterocycles. The molecule has 0 saturated heterocycles. The van der Waals surface area contributed by atoms with E-state index in [9.17, 15) is 0 Å². The first-order chi connectivity index (χ1) is 13.7. The van der Waals surface area contributed by atoms with E-state index in [2.05, 4.69) is 20.1 Å². The number of aryl methyl sites for hydroxylation is 1. The lowest BCUT2D eigenvalue weighted by molar-refractivity contribution is 0.235. The third kappa shape index (κ3) is 4.20. The molecule has 0 radical (unpaired) electrons. The number of ether oxygens (including phenoxy) is 1. The maximum atomic E-state index is 5.77. The van der Waals surface area contributed by atoms with Gasteiger partial charge in [-0.1, -0.05) is 35.5 Å². The predicted octanol–water partition coefficient (Wildman–Crippen LogP) is 4.80. The minimum absolute atomic E-state index is 0.139. The normalized spacial score (nSPS) is 10.8. The van der Waals surface area contributed by atoms with Gasteiger partial charge in [-0.25, -0.2) is 4.98 Å². The van der Waals surface area contributed by atoms with Crippen molar-refractivity contribution in [2.45, 2.75) is 18.4 Å². The second kappa shape index (κ2) is 8.22. The van der Waals surface area contributed by atoms with Crippen molar-refractivity contribution in [3.8, 4) is 28.7 Å². The minimum Gasteiger partial charge on any atom is -0.467 e. The van der Waals surface area contributed by atoms with Crippen LogP contribution in [0.3, 0.4) is 0 Å². The summed E-state index contributed by atoms with van der Waals surface area (Å²) >= 11 is 1.69. The largest absolute Gasteiger partial charge is 0.467 e. The van der Waals surface area contributed by atoms with Crippen LogP contribution >= 0.6 is 11.8 Å². The molecule has 0 N–H and O–H groups in total. The van der Waals surface area contributed by atoms with Gasteiger partial charge in [0, 0.05) is 27.8 Å². The Labute approximate surface area is 167 Å². The molecule has 2 aromatic heterocycles. The summed E-state index contributed by atoms with van der Waals surface area (Å²) in [6, 6.07) is 19.6. The van der Waals surface area contributed by atoms with Crippen LogP contribution in [-0.4, -0.2) is 26.4 Å². The van der Waals surface area contributed by atoms with Gasteiger partial charge in [-0.3, -0.25) is 0 Å². The summed E-state index contributed by atoms with van der Waals surface area (Å²) in [6.45, 7) is 2.05. The molecule has 4 aromatic rings. The Morgan fingerprint density at radius 1 is 0.893 bits per heavy atom. The highest BCUT2D eigenvalue weighted by atomic mass is 32.2. The Kier molecular flexibility index (Phi) is 5.34. The number of rotatable bonds is 6. The van der Waals surface area contributed by atoms with Crippen molar-refractivity contribution < 1.29 is 9.26 Å². The number of hydrogen-bond acceptors (Lipinski definition) is 7. The average Bonchev–Trinajstić information content (AvgIpc) is 3.22. The quantitative estimate of drug-likeness (QED) is 0.438. The second-order valence-electron chi connectivity index (χ2n) is 6.07. The SMILES string of the molecule is CSc1ccc(-c2noc(COc3cc(C)nc(-c4ccccc4)n3)n2)cc1. The molecule has 0 bridgehead atoms. The molecular formula is C21H18N4O2S. The first-order valence-electron chi connectivity index (χ1n) is 8.72. The van der Waals surface area contributed by atoms with Crippen LogP contribution in [0.5, 0.6) is 5.88 Å². The Morgan fingerprint density at radius 3 is 2.39 bits per heavy atom. The topological polar surface area (TPSA) is 73.9 Å². The molecule has 0 aliphatic heterocycles. The lowest BCUT2D eigenvalue weighted by Crippen LogP contribution is -2.01. The van der Waals surface area contributed by atoms with Gasteiger partial charge in [0.25, 0.3) is 5.89 Å². The van der Waals surface area contributed by atoms with Crippen molar-refractivity contribution in [2.75, 3.05) is 6.26 Å². The summed E-state index contributed by atoms with van der Waals surface area (Å²) < 4.78 is 11.1. The van der Waals surface area contributed by atoms with Gasteiger partial charge in [0.2, 0.25) is 11.7 Å². The van der Waals surface area contributed by atoms with E-state index in [1.165, 1.54) is 4.90 Å². The van der Waals surface area contributed by atoms with Gasteiger partial charge in [0.15, 0.2) is 12.4 Å². The van der Waals surface area contributed by atoms with Crippen molar-refractivity contribution in [3.63, 3.8) is 0 Å². The number of nitrogens with zero attached hydrogens (tertiary/aromatic N) is 4. The van der Waals surface area contributed by atoms with Gasteiger partial charge in [0.1, 0.15) is 0 Å². The van der Waals surface area contributed by atoms with Crippen LogP contribution in [0.1, 0.15) is 11.6 Å². The second-order valence-corrected chi connectivity index (χ2v) is 6.95. The standard InChI is InChI=1S/C21H18N4O2S/c1-14-12-18(23-20(22-14)15-6-4-3-5-7-15)26-13-19-24-21(25-27-19)16-8-10-17(28-2)11-9-16/h3-12H,13H2,1-2H3. The van der Waals surface area contributed by atoms with Crippen molar-refractivity contribution >= 4 is 11.8 Å². The van der Waals surface area contributed by atoms with Gasteiger partial charge in [-0.05, 0) is 37.4 Å². The van der Waals surface area contributed by atoms with E-state index in [4.69, 9.17) is 9.26 Å². The number of thioether (sulfide) groups is 1. The van der Waals surface area contributed by atoms with E-state index in [0.29, 0.717) is 23.4 Å². The van der Waals surface area contributed by atoms with E-state index in [1.54, 1.807) is 17.8 Å². The Bertz CT molecular complexity index is 1070. The third-order valence-corrected chi connectivity index (χ3v) is 4.77. The highest BCUT2D eigenvalue weighted by molar-refractivity contribution is 7.98. The van der Waals surface area contributed by atoms with E-state index in [0.717, 1.165) is 16.8 Å². The van der Waals surface area contributed by atoms with Crippen LogP contribution in [-0.2, 0) is 6.61 Å². The van der Waals surface area contributed by atoms with Crippen LogP contribution in [0.2, 0.25) is 0 Å². The zero-order valence-electron chi connectivity index (χ0n) is 15.5. The van der Waals surface area contributed by atoms with Crippen molar-refractivity contribution in [3.05, 3.63) is 72.2 Å². The van der Waals surface area contributed by atoms with E-state index in [-0.39, 0.29) is 6.61 Å². The molecule has 0 saturated carbocycles. The lowest BCUT2D eigenvalue weighted by Gasteiger charge is -2.06. The van der Waals surface area contributed by atoms with Crippen LogP contribution in [0.15, 0.2) is 70.1 Å². The van der Waals surface area contributed by atoms with Crippen molar-refractivity contribution in [2.24, 2.45) is 0 Å². The van der Waals surface area contributed by atoms with E-state index in [1.807, 2.05) is 67.8 Å². The number of hydrogen-bond donors (Lipinski definition) is 0. The molecule has 2 aromatic carbocycles. The fraction of sp³-hybridized carbons (Fsp3) is 0.143. The predicted molar refractivity (Wildman–Crippen MR) is 108 cm³/mol. The monoisotopic (exact) mass is 390 g/mol. The molecule has 6 nitrogen and oxygen atoms in total. The summed E-state index contributed by atoms with van der Waals surface area (Å²) in [5.74, 6) is 2.02. The van der Waals surface area contributed by atoms with Crippen LogP contribution in [0, 0.1) is 6.92 Å². The molecule has 28 heavy (non-hydrogen) atoms. The third-order valence-electron chi connectivity index (χ3n) is 4.02. The van der Waals surface area contributed by atoms with Crippen LogP contribution in [0.25, 0.3) is 22.8 Å². The number of benzene rings is 2. The highest BCUT2D eigenvalue weighted by Crippen LogP contribution is 2.22. The van der Waals surface area contributed by atoms with Crippen molar-refractivity contribution in [1.82, 2.24) is 20.1 Å². The van der Waals surface area contributed by atoms with E-state index < -0.39 is 0 Å². The summed E-state index contributed by atoms with van der Waals surface area (Å²) in [5, 5.41) is 4.03. The fourth-order valence-corrected chi connectivity index (χ4v) is 3.04. The summed E-state index contributed by atoms with van der Waals surface area (Å²) in [5.41, 5.74) is 2.66. The maximum absolute atomic E-state index is 5.77. The Balaban J connectivity index is 1.48. The fourth-order valence-electron chi connectivity index (χ4n) is 2.64. The molecule has 0 amide bonds. The summed E-state index contributed by atoms with van der Waals surface area (Å²) in [6.07, 6.45) is 2.04. The van der Waals surface area contributed by atoms with Gasteiger partial charge < -0.3 is 9.26 Å². The minimum atomic E-state index is 0.139. The molecule has 4 rings (SSSR count). The molecule has 0 aliphatic carbocycles. The van der Waals surface area contributed by atoms with Crippen LogP contribution in [0.4, 0.5) is 0 Å². The van der Waals surface area contributed by atoms with Gasteiger partial charge in [-0.2, -0.15) is 9.97 Å². The molecular weight excluding hydrogens is 372 g/mol. The highest BCUT2D eigenvalue weighted by Gasteiger charge is 2.11. The van der Waals surface area contributed by atoms with E-state index >= 15 is 0 Å². The lowest BCUT2D eigenvalue weighted by atomic mass is 10.2. The van der Waals surface area contributed by atoms with Crippen LogP contribution < -0.4 is 4.74 Å². The molecule has 0 unspecified atom stereocenters. The molecule has 0 fully saturated rings. The average molecular weight is 390 g/mol. The smallest absolute Gasteiger partial charge is 0.264 e. The summed E-state index contributed by atoms with van der Waals surface area (Å²) in [7, 11) is 0. The zero-order chi connectivity index (χ0) is 19.3. The first-order valence-corrected chi connectivity index (χ1v) is 9.94. The first kappa shape index (κ1) is 18.2. The Morgan fingerprint density at radius 2 is 1.64 bits per heavy atom. The van der Waals surface area contributed by atoms with Gasteiger partial charge in [0.05, 0.1) is 0 Å². The molecule has 0 atom stereocenters. The molecule has 7 heteroatoms. The van der Waals surface area contributed by atoms with Gasteiger partial charge >= 0.3 is 0 Å². The molecule has 140 valence electrons. The zero-order valence-corrected chi connectivity index (χ0v) is 16.3. The summed E-state index contributed by atoms with van der Waals surface area (Å²) in [4.78, 5) is 14.5. The van der Waals surface area contributed by atoms with Gasteiger partial charge in [-0.15, -0.1) is 11.8 Å². The maximum Gasteiger partial charge on any atom is 0.264 e. The Hall–Kier alpha value is -3.19.